The van der Waals surface area contributed by atoms with E-state index in [1.165, 1.54) is 23.4 Å². The highest BCUT2D eigenvalue weighted by molar-refractivity contribution is 7.89. The van der Waals surface area contributed by atoms with Crippen LogP contribution in [-0.2, 0) is 14.8 Å². The van der Waals surface area contributed by atoms with Crippen LogP contribution in [0, 0.1) is 21.4 Å². The summed E-state index contributed by atoms with van der Waals surface area (Å²) >= 11 is 0. The summed E-state index contributed by atoms with van der Waals surface area (Å²) in [5.74, 6) is -0.755. The van der Waals surface area contributed by atoms with Crippen molar-refractivity contribution in [2.75, 3.05) is 13.1 Å². The van der Waals surface area contributed by atoms with E-state index in [9.17, 15) is 28.6 Å². The van der Waals surface area contributed by atoms with E-state index < -0.39 is 38.2 Å². The molecule has 0 spiro atoms. The van der Waals surface area contributed by atoms with Crippen LogP contribution in [-0.4, -0.2) is 48.3 Å². The summed E-state index contributed by atoms with van der Waals surface area (Å²) in [7, 11) is -3.83. The monoisotopic (exact) mass is 450 g/mol. The third-order valence-corrected chi connectivity index (χ3v) is 7.68. The molecule has 31 heavy (non-hydrogen) atoms. The number of sulfonamides is 1. The molecule has 1 aromatic rings. The Morgan fingerprint density at radius 3 is 2.48 bits per heavy atom. The fraction of sp³-hybridized carbons (Fsp3) is 0.600. The molecule has 1 aliphatic carbocycles. The maximum atomic E-state index is 12.7. The lowest BCUT2D eigenvalue weighted by molar-refractivity contribution is -0.386. The zero-order valence-electron chi connectivity index (χ0n) is 17.4. The van der Waals surface area contributed by atoms with Gasteiger partial charge in [-0.3, -0.25) is 14.9 Å². The Balaban J connectivity index is 1.78. The molecule has 1 amide bonds. The Kier molecular flexibility index (Phi) is 6.81. The number of nitrogens with zero attached hydrogens (tertiary/aromatic N) is 3. The van der Waals surface area contributed by atoms with Crippen LogP contribution in [0.25, 0.3) is 0 Å². The standard InChI is InChI=1S/C20H26N4O6S/c1-15(19(25)22-20(14-21)9-3-2-4-10-20)30-18-8-7-16(13-17(18)24(26)27)31(28,29)23-11-5-6-12-23/h7-8,13,15H,2-6,9-12H2,1H3,(H,22,25)/t15-/m0/s1. The first-order valence-corrected chi connectivity index (χ1v) is 11.8. The summed E-state index contributed by atoms with van der Waals surface area (Å²) in [6, 6.07) is 5.59. The van der Waals surface area contributed by atoms with Crippen LogP contribution in [0.2, 0.25) is 0 Å². The summed E-state index contributed by atoms with van der Waals surface area (Å²) in [6.45, 7) is 2.19. The largest absolute Gasteiger partial charge is 0.474 e. The van der Waals surface area contributed by atoms with Crippen LogP contribution < -0.4 is 10.1 Å². The number of rotatable bonds is 7. The second kappa shape index (κ2) is 9.20. The van der Waals surface area contributed by atoms with Gasteiger partial charge in [0.2, 0.25) is 10.0 Å². The van der Waals surface area contributed by atoms with Crippen molar-refractivity contribution in [1.82, 2.24) is 9.62 Å². The van der Waals surface area contributed by atoms with E-state index in [2.05, 4.69) is 11.4 Å². The molecule has 0 aromatic heterocycles. The van der Waals surface area contributed by atoms with Crippen molar-refractivity contribution < 1.29 is 22.9 Å². The van der Waals surface area contributed by atoms with Gasteiger partial charge in [-0.25, -0.2) is 8.42 Å². The molecular weight excluding hydrogens is 424 g/mol. The fourth-order valence-electron chi connectivity index (χ4n) is 3.98. The Bertz CT molecular complexity index is 991. The van der Waals surface area contributed by atoms with E-state index in [4.69, 9.17) is 4.74 Å². The molecular formula is C20H26N4O6S. The molecule has 1 atom stereocenters. The number of nitrogens with one attached hydrogen (secondary N) is 1. The van der Waals surface area contributed by atoms with Crippen molar-refractivity contribution in [2.24, 2.45) is 0 Å². The zero-order chi connectivity index (χ0) is 22.6. The quantitative estimate of drug-likeness (QED) is 0.496. The van der Waals surface area contributed by atoms with E-state index in [1.54, 1.807) is 0 Å². The first-order chi connectivity index (χ1) is 14.7. The lowest BCUT2D eigenvalue weighted by atomic mass is 9.83. The lowest BCUT2D eigenvalue weighted by Crippen LogP contribution is -2.52. The number of ether oxygens (including phenoxy) is 1. The maximum Gasteiger partial charge on any atom is 0.312 e. The van der Waals surface area contributed by atoms with Crippen LogP contribution in [0.3, 0.4) is 0 Å². The first kappa shape index (κ1) is 23.0. The van der Waals surface area contributed by atoms with E-state index in [1.807, 2.05) is 0 Å². The number of benzene rings is 1. The second-order valence-electron chi connectivity index (χ2n) is 8.00. The van der Waals surface area contributed by atoms with Gasteiger partial charge in [-0.05, 0) is 44.7 Å². The Morgan fingerprint density at radius 2 is 1.90 bits per heavy atom. The molecule has 11 heteroatoms. The summed E-state index contributed by atoms with van der Waals surface area (Å²) in [5.41, 5.74) is -1.49. The molecule has 1 saturated carbocycles. The van der Waals surface area contributed by atoms with Gasteiger partial charge in [-0.2, -0.15) is 9.57 Å². The van der Waals surface area contributed by atoms with Crippen molar-refractivity contribution >= 4 is 21.6 Å². The van der Waals surface area contributed by atoms with Gasteiger partial charge in [-0.15, -0.1) is 0 Å². The fourth-order valence-corrected chi connectivity index (χ4v) is 5.52. The zero-order valence-corrected chi connectivity index (χ0v) is 18.2. The number of hydrogen-bond acceptors (Lipinski definition) is 7. The molecule has 10 nitrogen and oxygen atoms in total. The third-order valence-electron chi connectivity index (χ3n) is 5.79. The van der Waals surface area contributed by atoms with Gasteiger partial charge in [-0.1, -0.05) is 19.3 Å². The van der Waals surface area contributed by atoms with Crippen LogP contribution in [0.15, 0.2) is 23.1 Å². The van der Waals surface area contributed by atoms with Gasteiger partial charge in [0.15, 0.2) is 11.9 Å². The van der Waals surface area contributed by atoms with Crippen molar-refractivity contribution in [1.29, 1.82) is 5.26 Å². The van der Waals surface area contributed by atoms with Crippen molar-refractivity contribution in [3.8, 4) is 11.8 Å². The predicted molar refractivity (Wildman–Crippen MR) is 111 cm³/mol. The minimum Gasteiger partial charge on any atom is -0.474 e. The number of hydrogen-bond donors (Lipinski definition) is 1. The first-order valence-electron chi connectivity index (χ1n) is 10.4. The highest BCUT2D eigenvalue weighted by Gasteiger charge is 2.36. The Morgan fingerprint density at radius 1 is 1.26 bits per heavy atom. The van der Waals surface area contributed by atoms with E-state index in [-0.39, 0.29) is 10.6 Å². The van der Waals surface area contributed by atoms with Gasteiger partial charge in [0, 0.05) is 19.2 Å². The Hall–Kier alpha value is -2.71. The van der Waals surface area contributed by atoms with E-state index in [0.29, 0.717) is 25.9 Å². The number of amides is 1. The number of carbonyl (C=O) groups is 1. The van der Waals surface area contributed by atoms with E-state index in [0.717, 1.165) is 38.2 Å². The molecule has 0 radical (unpaired) electrons. The predicted octanol–water partition coefficient (Wildman–Crippen LogP) is 2.49. The smallest absolute Gasteiger partial charge is 0.312 e. The molecule has 0 bridgehead atoms. The molecule has 1 saturated heterocycles. The van der Waals surface area contributed by atoms with Crippen molar-refractivity contribution in [3.05, 3.63) is 28.3 Å². The molecule has 168 valence electrons. The van der Waals surface area contributed by atoms with Gasteiger partial charge < -0.3 is 10.1 Å². The second-order valence-corrected chi connectivity index (χ2v) is 9.94. The highest BCUT2D eigenvalue weighted by atomic mass is 32.2. The molecule has 1 heterocycles. The van der Waals surface area contributed by atoms with Crippen LogP contribution in [0.5, 0.6) is 5.75 Å². The number of carbonyl (C=O) groups excluding carboxylic acids is 1. The molecule has 3 rings (SSSR count). The average Bonchev–Trinajstić information content (AvgIpc) is 3.30. The van der Waals surface area contributed by atoms with Crippen molar-refractivity contribution in [3.63, 3.8) is 0 Å². The maximum absolute atomic E-state index is 12.7. The third kappa shape index (κ3) is 4.97. The van der Waals surface area contributed by atoms with Gasteiger partial charge >= 0.3 is 5.69 Å². The number of nitro groups is 1. The van der Waals surface area contributed by atoms with Gasteiger partial charge in [0.25, 0.3) is 5.91 Å². The Labute approximate surface area is 181 Å². The minimum atomic E-state index is -3.83. The SMILES string of the molecule is C[C@H](Oc1ccc(S(=O)(=O)N2CCCC2)cc1[N+](=O)[O-])C(=O)NC1(C#N)CCCCC1. The minimum absolute atomic E-state index is 0.184. The highest BCUT2D eigenvalue weighted by Crippen LogP contribution is 2.33. The topological polar surface area (TPSA) is 143 Å². The molecule has 1 aliphatic heterocycles. The van der Waals surface area contributed by atoms with Gasteiger partial charge in [0.05, 0.1) is 15.9 Å². The summed E-state index contributed by atoms with van der Waals surface area (Å²) in [4.78, 5) is 23.2. The number of nitriles is 1. The van der Waals surface area contributed by atoms with Crippen LogP contribution in [0.1, 0.15) is 51.9 Å². The number of nitro benzene ring substituents is 1. The molecule has 1 N–H and O–H groups in total. The molecule has 2 aliphatic rings. The van der Waals surface area contributed by atoms with Crippen LogP contribution >= 0.6 is 0 Å². The molecule has 1 aromatic carbocycles. The van der Waals surface area contributed by atoms with Crippen molar-refractivity contribution in [2.45, 2.75) is 68.4 Å². The summed E-state index contributed by atoms with van der Waals surface area (Å²) in [5, 5.41) is 23.8. The lowest BCUT2D eigenvalue weighted by Gasteiger charge is -2.32. The molecule has 2 fully saturated rings. The molecule has 0 unspecified atom stereocenters. The average molecular weight is 451 g/mol. The summed E-state index contributed by atoms with van der Waals surface area (Å²) in [6.07, 6.45) is 4.16. The van der Waals surface area contributed by atoms with Gasteiger partial charge in [0.1, 0.15) is 5.54 Å². The summed E-state index contributed by atoms with van der Waals surface area (Å²) < 4.78 is 32.2. The van der Waals surface area contributed by atoms with Crippen LogP contribution in [0.4, 0.5) is 5.69 Å². The normalized spacial score (nSPS) is 19.9. The van der Waals surface area contributed by atoms with E-state index >= 15 is 0 Å².